The quantitative estimate of drug-likeness (QED) is 0.730. The van der Waals surface area contributed by atoms with Crippen LogP contribution < -0.4 is 15.4 Å². The molecule has 27 heavy (non-hydrogen) atoms. The highest BCUT2D eigenvalue weighted by Gasteiger charge is 2.23. The van der Waals surface area contributed by atoms with Gasteiger partial charge in [0.15, 0.2) is 6.10 Å². The first kappa shape index (κ1) is 19.5. The van der Waals surface area contributed by atoms with Crippen molar-refractivity contribution in [2.45, 2.75) is 38.5 Å². The van der Waals surface area contributed by atoms with E-state index in [1.54, 1.807) is 37.3 Å². The Hall–Kier alpha value is -2.24. The highest BCUT2D eigenvalue weighted by molar-refractivity contribution is 6.42. The third kappa shape index (κ3) is 5.37. The van der Waals surface area contributed by atoms with Crippen LogP contribution in [0.1, 0.15) is 35.7 Å². The molecule has 1 aliphatic rings. The van der Waals surface area contributed by atoms with Crippen molar-refractivity contribution in [1.29, 1.82) is 0 Å². The SMILES string of the molecule is CC(Oc1cccc(Cl)c1Cl)C(=O)NCc1ccc(C(=O)NC2CC2)cc1. The maximum absolute atomic E-state index is 12.2. The van der Waals surface area contributed by atoms with Crippen molar-refractivity contribution in [3.8, 4) is 5.75 Å². The van der Waals surface area contributed by atoms with E-state index in [4.69, 9.17) is 27.9 Å². The second-order valence-electron chi connectivity index (χ2n) is 6.47. The van der Waals surface area contributed by atoms with E-state index in [0.29, 0.717) is 28.9 Å². The predicted octanol–water partition coefficient (Wildman–Crippen LogP) is 3.97. The zero-order valence-corrected chi connectivity index (χ0v) is 16.3. The summed E-state index contributed by atoms with van der Waals surface area (Å²) in [4.78, 5) is 24.2. The van der Waals surface area contributed by atoms with Crippen LogP contribution in [0.3, 0.4) is 0 Å². The molecule has 1 atom stereocenters. The minimum Gasteiger partial charge on any atom is -0.479 e. The summed E-state index contributed by atoms with van der Waals surface area (Å²) in [5.74, 6) is 0.0212. The molecule has 2 N–H and O–H groups in total. The van der Waals surface area contributed by atoms with Crippen LogP contribution in [0.4, 0.5) is 0 Å². The standard InChI is InChI=1S/C20H20Cl2N2O3/c1-12(27-17-4-2-3-16(21)18(17)22)19(25)23-11-13-5-7-14(8-6-13)20(26)24-15-9-10-15/h2-8,12,15H,9-11H2,1H3,(H,23,25)(H,24,26). The molecule has 1 saturated carbocycles. The van der Waals surface area contributed by atoms with Crippen LogP contribution in [0.5, 0.6) is 5.75 Å². The molecular formula is C20H20Cl2N2O3. The van der Waals surface area contributed by atoms with Crippen molar-refractivity contribution in [2.75, 3.05) is 0 Å². The van der Waals surface area contributed by atoms with Gasteiger partial charge < -0.3 is 15.4 Å². The van der Waals surface area contributed by atoms with Gasteiger partial charge in [0.1, 0.15) is 10.8 Å². The van der Waals surface area contributed by atoms with Crippen LogP contribution in [0, 0.1) is 0 Å². The first-order valence-corrected chi connectivity index (χ1v) is 9.48. The summed E-state index contributed by atoms with van der Waals surface area (Å²) in [5, 5.41) is 6.39. The van der Waals surface area contributed by atoms with E-state index in [2.05, 4.69) is 10.6 Å². The first-order chi connectivity index (χ1) is 12.9. The summed E-state index contributed by atoms with van der Waals surface area (Å²) in [6, 6.07) is 12.5. The van der Waals surface area contributed by atoms with Crippen molar-refractivity contribution in [3.63, 3.8) is 0 Å². The largest absolute Gasteiger partial charge is 0.479 e. The van der Waals surface area contributed by atoms with Crippen LogP contribution in [0.25, 0.3) is 0 Å². The third-order valence-electron chi connectivity index (χ3n) is 4.18. The molecule has 0 saturated heterocycles. The highest BCUT2D eigenvalue weighted by atomic mass is 35.5. The molecule has 7 heteroatoms. The minimum absolute atomic E-state index is 0.0616. The van der Waals surface area contributed by atoms with Crippen molar-refractivity contribution < 1.29 is 14.3 Å². The van der Waals surface area contributed by atoms with Gasteiger partial charge in [-0.3, -0.25) is 9.59 Å². The molecule has 0 radical (unpaired) electrons. The zero-order valence-electron chi connectivity index (χ0n) is 14.8. The zero-order chi connectivity index (χ0) is 19.4. The molecule has 0 bridgehead atoms. The van der Waals surface area contributed by atoms with Gasteiger partial charge in [0.2, 0.25) is 0 Å². The third-order valence-corrected chi connectivity index (χ3v) is 4.99. The van der Waals surface area contributed by atoms with Gasteiger partial charge in [-0.15, -0.1) is 0 Å². The normalized spacial score (nSPS) is 14.3. The molecule has 0 aliphatic heterocycles. The monoisotopic (exact) mass is 406 g/mol. The number of carbonyl (C=O) groups is 2. The Morgan fingerprint density at radius 2 is 1.85 bits per heavy atom. The fourth-order valence-corrected chi connectivity index (χ4v) is 2.76. The molecule has 2 aromatic carbocycles. The van der Waals surface area contributed by atoms with Crippen molar-refractivity contribution >= 4 is 35.0 Å². The molecule has 1 unspecified atom stereocenters. The van der Waals surface area contributed by atoms with Crippen molar-refractivity contribution in [3.05, 3.63) is 63.6 Å². The van der Waals surface area contributed by atoms with E-state index in [9.17, 15) is 9.59 Å². The van der Waals surface area contributed by atoms with Gasteiger partial charge in [-0.2, -0.15) is 0 Å². The van der Waals surface area contributed by atoms with E-state index in [-0.39, 0.29) is 16.8 Å². The molecular weight excluding hydrogens is 387 g/mol. The summed E-state index contributed by atoms with van der Waals surface area (Å²) in [7, 11) is 0. The number of nitrogens with one attached hydrogen (secondary N) is 2. The van der Waals surface area contributed by atoms with Gasteiger partial charge in [0, 0.05) is 18.2 Å². The summed E-state index contributed by atoms with van der Waals surface area (Å²) in [5.41, 5.74) is 1.50. The lowest BCUT2D eigenvalue weighted by Crippen LogP contribution is -2.36. The summed E-state index contributed by atoms with van der Waals surface area (Å²) >= 11 is 12.0. The van der Waals surface area contributed by atoms with Crippen LogP contribution >= 0.6 is 23.2 Å². The molecule has 0 spiro atoms. The first-order valence-electron chi connectivity index (χ1n) is 8.72. The average molecular weight is 407 g/mol. The average Bonchev–Trinajstić information content (AvgIpc) is 3.47. The molecule has 5 nitrogen and oxygen atoms in total. The molecule has 142 valence electrons. The number of halogens is 2. The fourth-order valence-electron chi connectivity index (χ4n) is 2.42. The molecule has 1 fully saturated rings. The molecule has 1 aliphatic carbocycles. The topological polar surface area (TPSA) is 67.4 Å². The molecule has 2 aromatic rings. The Morgan fingerprint density at radius 1 is 1.15 bits per heavy atom. The Morgan fingerprint density at radius 3 is 2.52 bits per heavy atom. The number of carbonyl (C=O) groups excluding carboxylic acids is 2. The molecule has 0 heterocycles. The van der Waals surface area contributed by atoms with Gasteiger partial charge in [0.25, 0.3) is 11.8 Å². The Bertz CT molecular complexity index is 836. The summed E-state index contributed by atoms with van der Waals surface area (Å²) in [6.45, 7) is 1.97. The van der Waals surface area contributed by atoms with Gasteiger partial charge in [-0.05, 0) is 49.6 Å². The van der Waals surface area contributed by atoms with Crippen molar-refractivity contribution in [2.24, 2.45) is 0 Å². The second-order valence-corrected chi connectivity index (χ2v) is 7.26. The van der Waals surface area contributed by atoms with Gasteiger partial charge in [-0.25, -0.2) is 0 Å². The van der Waals surface area contributed by atoms with E-state index < -0.39 is 6.10 Å². The van der Waals surface area contributed by atoms with Gasteiger partial charge >= 0.3 is 0 Å². The van der Waals surface area contributed by atoms with Crippen LogP contribution in [-0.2, 0) is 11.3 Å². The fraction of sp³-hybridized carbons (Fsp3) is 0.300. The highest BCUT2D eigenvalue weighted by Crippen LogP contribution is 2.32. The molecule has 2 amide bonds. The summed E-state index contributed by atoms with van der Waals surface area (Å²) < 4.78 is 5.59. The van der Waals surface area contributed by atoms with E-state index >= 15 is 0 Å². The van der Waals surface area contributed by atoms with E-state index in [0.717, 1.165) is 18.4 Å². The molecule has 0 aromatic heterocycles. The lowest BCUT2D eigenvalue weighted by molar-refractivity contribution is -0.127. The van der Waals surface area contributed by atoms with E-state index in [1.807, 2.05) is 12.1 Å². The Kier molecular flexibility index (Phi) is 6.24. The number of ether oxygens (including phenoxy) is 1. The maximum Gasteiger partial charge on any atom is 0.261 e. The van der Waals surface area contributed by atoms with Crippen LogP contribution in [-0.4, -0.2) is 24.0 Å². The summed E-state index contributed by atoms with van der Waals surface area (Å²) in [6.07, 6.45) is 1.37. The number of hydrogen-bond acceptors (Lipinski definition) is 3. The lowest BCUT2D eigenvalue weighted by atomic mass is 10.1. The minimum atomic E-state index is -0.732. The number of amides is 2. The van der Waals surface area contributed by atoms with Gasteiger partial charge in [0.05, 0.1) is 5.02 Å². The van der Waals surface area contributed by atoms with Gasteiger partial charge in [-0.1, -0.05) is 41.4 Å². The number of hydrogen-bond donors (Lipinski definition) is 2. The number of benzene rings is 2. The Balaban J connectivity index is 1.50. The lowest BCUT2D eigenvalue weighted by Gasteiger charge is -2.16. The van der Waals surface area contributed by atoms with E-state index in [1.165, 1.54) is 0 Å². The van der Waals surface area contributed by atoms with Crippen LogP contribution in [0.2, 0.25) is 10.0 Å². The maximum atomic E-state index is 12.2. The second kappa shape index (κ2) is 8.63. The predicted molar refractivity (Wildman–Crippen MR) is 105 cm³/mol. The smallest absolute Gasteiger partial charge is 0.261 e. The number of rotatable bonds is 7. The molecule has 3 rings (SSSR count). The van der Waals surface area contributed by atoms with Crippen molar-refractivity contribution in [1.82, 2.24) is 10.6 Å². The van der Waals surface area contributed by atoms with Crippen LogP contribution in [0.15, 0.2) is 42.5 Å². The Labute approximate surface area is 168 Å².